The van der Waals surface area contributed by atoms with Crippen molar-refractivity contribution >= 4 is 5.96 Å². The van der Waals surface area contributed by atoms with Crippen LogP contribution < -0.4 is 4.74 Å². The molecular formula is C17H27N3O. The van der Waals surface area contributed by atoms with Crippen molar-refractivity contribution in [2.75, 3.05) is 41.8 Å². The van der Waals surface area contributed by atoms with Crippen LogP contribution in [0.25, 0.3) is 0 Å². The van der Waals surface area contributed by atoms with E-state index in [1.807, 2.05) is 28.2 Å². The lowest BCUT2D eigenvalue weighted by molar-refractivity contribution is 0.251. The first kappa shape index (κ1) is 15.7. The molecule has 1 saturated carbocycles. The highest BCUT2D eigenvalue weighted by atomic mass is 16.5. The number of ether oxygens (including phenoxy) is 1. The number of rotatable bonds is 4. The Morgan fingerprint density at radius 2 is 1.67 bits per heavy atom. The van der Waals surface area contributed by atoms with E-state index in [9.17, 15) is 0 Å². The van der Waals surface area contributed by atoms with Crippen LogP contribution in [0.3, 0.4) is 0 Å². The Labute approximate surface area is 128 Å². The van der Waals surface area contributed by atoms with Crippen molar-refractivity contribution in [1.29, 1.82) is 0 Å². The van der Waals surface area contributed by atoms with Crippen LogP contribution in [0.2, 0.25) is 0 Å². The van der Waals surface area contributed by atoms with Crippen LogP contribution in [0, 0.1) is 0 Å². The van der Waals surface area contributed by atoms with Crippen LogP contribution in [0.5, 0.6) is 5.75 Å². The van der Waals surface area contributed by atoms with Gasteiger partial charge in [-0.2, -0.15) is 0 Å². The van der Waals surface area contributed by atoms with Crippen LogP contribution in [0.4, 0.5) is 0 Å². The zero-order chi connectivity index (χ0) is 15.5. The van der Waals surface area contributed by atoms with Crippen LogP contribution in [0.15, 0.2) is 29.3 Å². The second-order valence-electron chi connectivity index (χ2n) is 6.27. The molecule has 1 aliphatic carbocycles. The first-order valence-electron chi connectivity index (χ1n) is 7.52. The van der Waals surface area contributed by atoms with E-state index in [1.54, 1.807) is 7.11 Å². The molecule has 1 aromatic carbocycles. The molecule has 1 fully saturated rings. The minimum atomic E-state index is 0.212. The maximum Gasteiger partial charge on any atom is 0.195 e. The molecule has 116 valence electrons. The van der Waals surface area contributed by atoms with Gasteiger partial charge in [0.2, 0.25) is 0 Å². The van der Waals surface area contributed by atoms with Gasteiger partial charge in [-0.1, -0.05) is 18.6 Å². The predicted molar refractivity (Wildman–Crippen MR) is 88.2 cm³/mol. The van der Waals surface area contributed by atoms with Gasteiger partial charge in [-0.15, -0.1) is 0 Å². The monoisotopic (exact) mass is 289 g/mol. The third-order valence-corrected chi connectivity index (χ3v) is 4.34. The first-order valence-corrected chi connectivity index (χ1v) is 7.52. The summed E-state index contributed by atoms with van der Waals surface area (Å²) in [5, 5.41) is 0. The van der Waals surface area contributed by atoms with Gasteiger partial charge in [-0.05, 0) is 30.5 Å². The van der Waals surface area contributed by atoms with E-state index in [0.717, 1.165) is 18.3 Å². The van der Waals surface area contributed by atoms with Crippen molar-refractivity contribution in [3.05, 3.63) is 29.8 Å². The summed E-state index contributed by atoms with van der Waals surface area (Å²) in [6.07, 6.45) is 3.73. The van der Waals surface area contributed by atoms with Crippen molar-refractivity contribution < 1.29 is 4.74 Å². The Hall–Kier alpha value is -1.71. The van der Waals surface area contributed by atoms with Gasteiger partial charge in [-0.25, -0.2) is 0 Å². The summed E-state index contributed by atoms with van der Waals surface area (Å²) in [6.45, 7) is 0.852. The highest BCUT2D eigenvalue weighted by Gasteiger charge is 2.38. The number of benzene rings is 1. The SMILES string of the molecule is COc1ccc(C2(CN=C(N(C)C)N(C)C)CCC2)cc1. The fourth-order valence-corrected chi connectivity index (χ4v) is 2.99. The van der Waals surface area contributed by atoms with E-state index in [4.69, 9.17) is 9.73 Å². The second kappa shape index (κ2) is 6.37. The second-order valence-corrected chi connectivity index (χ2v) is 6.27. The fraction of sp³-hybridized carbons (Fsp3) is 0.588. The van der Waals surface area contributed by atoms with E-state index in [1.165, 1.54) is 24.8 Å². The molecule has 0 spiro atoms. The molecule has 0 aliphatic heterocycles. The lowest BCUT2D eigenvalue weighted by Crippen LogP contribution is -2.41. The van der Waals surface area contributed by atoms with E-state index < -0.39 is 0 Å². The third kappa shape index (κ3) is 3.31. The highest BCUT2D eigenvalue weighted by molar-refractivity contribution is 5.79. The number of nitrogens with zero attached hydrogens (tertiary/aromatic N) is 3. The molecule has 4 heteroatoms. The van der Waals surface area contributed by atoms with Gasteiger partial charge < -0.3 is 14.5 Å². The highest BCUT2D eigenvalue weighted by Crippen LogP contribution is 2.44. The van der Waals surface area contributed by atoms with Gasteiger partial charge in [0.25, 0.3) is 0 Å². The van der Waals surface area contributed by atoms with Crippen LogP contribution >= 0.6 is 0 Å². The van der Waals surface area contributed by atoms with Gasteiger partial charge in [0, 0.05) is 33.6 Å². The molecule has 0 unspecified atom stereocenters. The molecule has 0 saturated heterocycles. The summed E-state index contributed by atoms with van der Waals surface area (Å²) in [4.78, 5) is 9.01. The number of hydrogen-bond donors (Lipinski definition) is 0. The molecule has 0 aromatic heterocycles. The quantitative estimate of drug-likeness (QED) is 0.630. The van der Waals surface area contributed by atoms with Gasteiger partial charge in [-0.3, -0.25) is 4.99 Å². The third-order valence-electron chi connectivity index (χ3n) is 4.34. The first-order chi connectivity index (χ1) is 9.98. The maximum absolute atomic E-state index is 5.25. The molecule has 1 aliphatic rings. The molecule has 2 rings (SSSR count). The molecule has 0 bridgehead atoms. The van der Waals surface area contributed by atoms with Crippen molar-refractivity contribution in [2.24, 2.45) is 4.99 Å². The fourth-order valence-electron chi connectivity index (χ4n) is 2.99. The normalized spacial score (nSPS) is 15.9. The van der Waals surface area contributed by atoms with E-state index in [-0.39, 0.29) is 5.41 Å². The van der Waals surface area contributed by atoms with Crippen molar-refractivity contribution in [3.8, 4) is 5.75 Å². The average molecular weight is 289 g/mol. The number of guanidine groups is 1. The average Bonchev–Trinajstić information content (AvgIpc) is 2.41. The van der Waals surface area contributed by atoms with E-state index in [2.05, 4.69) is 34.1 Å². The van der Waals surface area contributed by atoms with Crippen molar-refractivity contribution in [2.45, 2.75) is 24.7 Å². The maximum atomic E-state index is 5.25. The molecule has 1 aromatic rings. The Balaban J connectivity index is 2.19. The van der Waals surface area contributed by atoms with Crippen molar-refractivity contribution in [1.82, 2.24) is 9.80 Å². The molecule has 0 radical (unpaired) electrons. The lowest BCUT2D eigenvalue weighted by Gasteiger charge is -2.42. The van der Waals surface area contributed by atoms with Crippen molar-refractivity contribution in [3.63, 3.8) is 0 Å². The number of methoxy groups -OCH3 is 1. The zero-order valence-electron chi connectivity index (χ0n) is 13.9. The minimum absolute atomic E-state index is 0.212. The van der Waals surface area contributed by atoms with Gasteiger partial charge in [0.05, 0.1) is 13.7 Å². The number of aliphatic imine (C=N–C) groups is 1. The Bertz CT molecular complexity index is 477. The number of hydrogen-bond acceptors (Lipinski definition) is 2. The predicted octanol–water partition coefficient (Wildman–Crippen LogP) is 2.60. The standard InChI is InChI=1S/C17H27N3O/c1-19(2)16(20(3)4)18-13-17(11-6-12-17)14-7-9-15(21-5)10-8-14/h7-10H,6,11-13H2,1-5H3. The summed E-state index contributed by atoms with van der Waals surface area (Å²) in [7, 11) is 9.87. The summed E-state index contributed by atoms with van der Waals surface area (Å²) in [5.41, 5.74) is 1.60. The minimum Gasteiger partial charge on any atom is -0.497 e. The summed E-state index contributed by atoms with van der Waals surface area (Å²) >= 11 is 0. The van der Waals surface area contributed by atoms with Crippen LogP contribution in [-0.2, 0) is 5.41 Å². The Morgan fingerprint density at radius 3 is 2.05 bits per heavy atom. The molecule has 0 atom stereocenters. The van der Waals surface area contributed by atoms with Gasteiger partial charge >= 0.3 is 0 Å². The zero-order valence-corrected chi connectivity index (χ0v) is 13.9. The van der Waals surface area contributed by atoms with Crippen LogP contribution in [0.1, 0.15) is 24.8 Å². The van der Waals surface area contributed by atoms with Crippen LogP contribution in [-0.4, -0.2) is 57.6 Å². The van der Waals surface area contributed by atoms with Gasteiger partial charge in [0.1, 0.15) is 5.75 Å². The van der Waals surface area contributed by atoms with E-state index in [0.29, 0.717) is 0 Å². The summed E-state index contributed by atoms with van der Waals surface area (Å²) < 4.78 is 5.25. The molecule has 0 amide bonds. The molecule has 0 heterocycles. The lowest BCUT2D eigenvalue weighted by atomic mass is 9.64. The Kier molecular flexibility index (Phi) is 4.76. The largest absolute Gasteiger partial charge is 0.497 e. The smallest absolute Gasteiger partial charge is 0.195 e. The summed E-state index contributed by atoms with van der Waals surface area (Å²) in [5.74, 6) is 1.94. The van der Waals surface area contributed by atoms with E-state index >= 15 is 0 Å². The molecule has 4 nitrogen and oxygen atoms in total. The Morgan fingerprint density at radius 1 is 1.10 bits per heavy atom. The van der Waals surface area contributed by atoms with Gasteiger partial charge in [0.15, 0.2) is 5.96 Å². The summed E-state index contributed by atoms with van der Waals surface area (Å²) in [6, 6.07) is 8.49. The molecule has 0 N–H and O–H groups in total. The molecule has 21 heavy (non-hydrogen) atoms. The topological polar surface area (TPSA) is 28.1 Å². The molecular weight excluding hydrogens is 262 g/mol.